The van der Waals surface area contributed by atoms with E-state index in [0.717, 1.165) is 29.6 Å². The van der Waals surface area contributed by atoms with Gasteiger partial charge in [-0.3, -0.25) is 4.98 Å². The zero-order chi connectivity index (χ0) is 15.2. The molecule has 2 aromatic carbocycles. The van der Waals surface area contributed by atoms with Crippen LogP contribution in [0.4, 0.5) is 0 Å². The Morgan fingerprint density at radius 2 is 1.86 bits per heavy atom. The number of nitrogens with one attached hydrogen (secondary N) is 1. The van der Waals surface area contributed by atoms with E-state index in [4.69, 9.17) is 4.74 Å². The SMILES string of the molecule is CNCCC(Oc1cccc2ncccc12)c1ccccc1. The molecule has 3 rings (SSSR count). The highest BCUT2D eigenvalue weighted by molar-refractivity contribution is 5.84. The molecule has 0 saturated heterocycles. The summed E-state index contributed by atoms with van der Waals surface area (Å²) < 4.78 is 6.34. The van der Waals surface area contributed by atoms with Crippen molar-refractivity contribution in [3.8, 4) is 5.75 Å². The lowest BCUT2D eigenvalue weighted by molar-refractivity contribution is 0.197. The van der Waals surface area contributed by atoms with Crippen molar-refractivity contribution < 1.29 is 4.74 Å². The van der Waals surface area contributed by atoms with Gasteiger partial charge in [-0.05, 0) is 43.4 Å². The standard InChI is InChI=1S/C19H20N2O/c1-20-14-12-18(15-7-3-2-4-8-15)22-19-11-5-10-17-16(19)9-6-13-21-17/h2-11,13,18,20H,12,14H2,1H3. The molecule has 1 N–H and O–H groups in total. The zero-order valence-corrected chi connectivity index (χ0v) is 12.7. The highest BCUT2D eigenvalue weighted by atomic mass is 16.5. The van der Waals surface area contributed by atoms with Gasteiger partial charge in [-0.1, -0.05) is 36.4 Å². The third-order valence-electron chi connectivity index (χ3n) is 3.70. The Bertz CT molecular complexity index is 722. The van der Waals surface area contributed by atoms with Gasteiger partial charge >= 0.3 is 0 Å². The molecule has 0 aliphatic heterocycles. The Morgan fingerprint density at radius 1 is 1.00 bits per heavy atom. The minimum Gasteiger partial charge on any atom is -0.485 e. The topological polar surface area (TPSA) is 34.1 Å². The van der Waals surface area contributed by atoms with Crippen molar-refractivity contribution in [2.45, 2.75) is 12.5 Å². The van der Waals surface area contributed by atoms with Gasteiger partial charge in [0.1, 0.15) is 11.9 Å². The second kappa shape index (κ2) is 7.05. The number of nitrogens with zero attached hydrogens (tertiary/aromatic N) is 1. The van der Waals surface area contributed by atoms with Crippen LogP contribution in [0.3, 0.4) is 0 Å². The largest absolute Gasteiger partial charge is 0.485 e. The number of rotatable bonds is 6. The van der Waals surface area contributed by atoms with Gasteiger partial charge in [0.25, 0.3) is 0 Å². The quantitative estimate of drug-likeness (QED) is 0.746. The lowest BCUT2D eigenvalue weighted by Crippen LogP contribution is -2.16. The number of ether oxygens (including phenoxy) is 1. The zero-order valence-electron chi connectivity index (χ0n) is 12.7. The number of hydrogen-bond donors (Lipinski definition) is 1. The average molecular weight is 292 g/mol. The van der Waals surface area contributed by atoms with Crippen molar-refractivity contribution in [2.24, 2.45) is 0 Å². The van der Waals surface area contributed by atoms with Crippen LogP contribution in [0.15, 0.2) is 66.9 Å². The van der Waals surface area contributed by atoms with Crippen molar-refractivity contribution in [3.05, 3.63) is 72.4 Å². The summed E-state index contributed by atoms with van der Waals surface area (Å²) in [4.78, 5) is 4.39. The third-order valence-corrected chi connectivity index (χ3v) is 3.70. The van der Waals surface area contributed by atoms with E-state index < -0.39 is 0 Å². The molecule has 0 amide bonds. The van der Waals surface area contributed by atoms with Crippen LogP contribution in [0.1, 0.15) is 18.1 Å². The van der Waals surface area contributed by atoms with E-state index in [1.807, 2.05) is 43.6 Å². The van der Waals surface area contributed by atoms with Crippen LogP contribution in [-0.2, 0) is 0 Å². The first kappa shape index (κ1) is 14.5. The van der Waals surface area contributed by atoms with Crippen molar-refractivity contribution in [1.82, 2.24) is 10.3 Å². The van der Waals surface area contributed by atoms with E-state index in [1.165, 1.54) is 5.56 Å². The normalized spacial score (nSPS) is 12.2. The van der Waals surface area contributed by atoms with E-state index >= 15 is 0 Å². The molecule has 0 fully saturated rings. The van der Waals surface area contributed by atoms with Gasteiger partial charge in [0.2, 0.25) is 0 Å². The van der Waals surface area contributed by atoms with E-state index in [0.29, 0.717) is 0 Å². The Kier molecular flexibility index (Phi) is 4.66. The molecule has 3 nitrogen and oxygen atoms in total. The second-order valence-corrected chi connectivity index (χ2v) is 5.24. The first-order valence-corrected chi connectivity index (χ1v) is 7.58. The fraction of sp³-hybridized carbons (Fsp3) is 0.211. The van der Waals surface area contributed by atoms with Crippen molar-refractivity contribution in [1.29, 1.82) is 0 Å². The van der Waals surface area contributed by atoms with Gasteiger partial charge in [-0.25, -0.2) is 0 Å². The summed E-state index contributed by atoms with van der Waals surface area (Å²) in [6, 6.07) is 20.4. The predicted molar refractivity (Wildman–Crippen MR) is 90.1 cm³/mol. The molecule has 1 aromatic heterocycles. The van der Waals surface area contributed by atoms with Crippen LogP contribution in [0, 0.1) is 0 Å². The van der Waals surface area contributed by atoms with Crippen LogP contribution in [0.25, 0.3) is 10.9 Å². The monoisotopic (exact) mass is 292 g/mol. The fourth-order valence-corrected chi connectivity index (χ4v) is 2.57. The molecule has 0 aliphatic rings. The minimum absolute atomic E-state index is 0.0273. The molecule has 1 heterocycles. The Balaban J connectivity index is 1.92. The maximum atomic E-state index is 6.34. The average Bonchev–Trinajstić information content (AvgIpc) is 2.59. The number of fused-ring (bicyclic) bond motifs is 1. The van der Waals surface area contributed by atoms with Crippen LogP contribution in [0.2, 0.25) is 0 Å². The summed E-state index contributed by atoms with van der Waals surface area (Å²) in [7, 11) is 1.96. The molecule has 1 unspecified atom stereocenters. The molecule has 112 valence electrons. The summed E-state index contributed by atoms with van der Waals surface area (Å²) >= 11 is 0. The first-order chi connectivity index (χ1) is 10.9. The maximum absolute atomic E-state index is 6.34. The molecule has 0 bridgehead atoms. The van der Waals surface area contributed by atoms with E-state index in [9.17, 15) is 0 Å². The molecule has 0 radical (unpaired) electrons. The third kappa shape index (κ3) is 3.26. The molecule has 0 saturated carbocycles. The van der Waals surface area contributed by atoms with Gasteiger partial charge in [0, 0.05) is 18.0 Å². The molecular formula is C19H20N2O. The number of hydrogen-bond acceptors (Lipinski definition) is 3. The van der Waals surface area contributed by atoms with E-state index in [1.54, 1.807) is 0 Å². The summed E-state index contributed by atoms with van der Waals surface area (Å²) in [6.45, 7) is 0.905. The molecule has 0 spiro atoms. The second-order valence-electron chi connectivity index (χ2n) is 5.24. The number of pyridine rings is 1. The van der Waals surface area contributed by atoms with Crippen LogP contribution >= 0.6 is 0 Å². The van der Waals surface area contributed by atoms with Crippen LogP contribution in [0.5, 0.6) is 5.75 Å². The lowest BCUT2D eigenvalue weighted by Gasteiger charge is -2.20. The molecule has 0 aliphatic carbocycles. The Labute approximate surface area is 131 Å². The van der Waals surface area contributed by atoms with Gasteiger partial charge in [0.05, 0.1) is 5.52 Å². The Hall–Kier alpha value is -2.39. The molecule has 3 aromatic rings. The number of benzene rings is 2. The van der Waals surface area contributed by atoms with E-state index in [-0.39, 0.29) is 6.10 Å². The molecule has 1 atom stereocenters. The molecular weight excluding hydrogens is 272 g/mol. The van der Waals surface area contributed by atoms with Gasteiger partial charge in [-0.15, -0.1) is 0 Å². The maximum Gasteiger partial charge on any atom is 0.129 e. The van der Waals surface area contributed by atoms with Crippen LogP contribution < -0.4 is 10.1 Å². The molecule has 22 heavy (non-hydrogen) atoms. The highest BCUT2D eigenvalue weighted by Gasteiger charge is 2.14. The number of aromatic nitrogens is 1. The summed E-state index contributed by atoms with van der Waals surface area (Å²) in [5, 5.41) is 4.25. The smallest absolute Gasteiger partial charge is 0.129 e. The van der Waals surface area contributed by atoms with Crippen LogP contribution in [-0.4, -0.2) is 18.6 Å². The van der Waals surface area contributed by atoms with Gasteiger partial charge in [-0.2, -0.15) is 0 Å². The highest BCUT2D eigenvalue weighted by Crippen LogP contribution is 2.30. The Morgan fingerprint density at radius 3 is 2.68 bits per heavy atom. The van der Waals surface area contributed by atoms with Crippen molar-refractivity contribution in [2.75, 3.05) is 13.6 Å². The first-order valence-electron chi connectivity index (χ1n) is 7.58. The minimum atomic E-state index is 0.0273. The summed E-state index contributed by atoms with van der Waals surface area (Å²) in [5.41, 5.74) is 2.15. The fourth-order valence-electron chi connectivity index (χ4n) is 2.57. The van der Waals surface area contributed by atoms with E-state index in [2.05, 4.69) is 40.6 Å². The predicted octanol–water partition coefficient (Wildman–Crippen LogP) is 3.96. The van der Waals surface area contributed by atoms with Crippen molar-refractivity contribution >= 4 is 10.9 Å². The van der Waals surface area contributed by atoms with Gasteiger partial charge in [0.15, 0.2) is 0 Å². The van der Waals surface area contributed by atoms with Crippen molar-refractivity contribution in [3.63, 3.8) is 0 Å². The lowest BCUT2D eigenvalue weighted by atomic mass is 10.1. The summed E-state index contributed by atoms with van der Waals surface area (Å²) in [5.74, 6) is 0.885. The molecule has 3 heteroatoms. The summed E-state index contributed by atoms with van der Waals surface area (Å²) in [6.07, 6.45) is 2.75. The van der Waals surface area contributed by atoms with Gasteiger partial charge < -0.3 is 10.1 Å².